The number of para-hydroxylation sites is 1. The van der Waals surface area contributed by atoms with Crippen LogP contribution in [0.3, 0.4) is 0 Å². The number of imidazole rings is 1. The van der Waals surface area contributed by atoms with Gasteiger partial charge in [0, 0.05) is 12.0 Å². The van der Waals surface area contributed by atoms with Crippen LogP contribution in [-0.4, -0.2) is 34.4 Å². The largest absolute Gasteiger partial charge is 0.496 e. The molecule has 1 heterocycles. The SMILES string of the molecule is COc1ccccc1Cc1[nH]c(SC)nc1C(=O)O. The lowest BCUT2D eigenvalue weighted by Crippen LogP contribution is -2.03. The Labute approximate surface area is 115 Å². The summed E-state index contributed by atoms with van der Waals surface area (Å²) in [5.74, 6) is -0.291. The molecule has 0 fully saturated rings. The Balaban J connectivity index is 2.37. The second-order valence-corrected chi connectivity index (χ2v) is 4.66. The zero-order valence-corrected chi connectivity index (χ0v) is 11.5. The number of carboxylic acids is 1. The molecule has 2 rings (SSSR count). The number of methoxy groups -OCH3 is 1. The number of aromatic nitrogens is 2. The molecule has 1 aromatic carbocycles. The van der Waals surface area contributed by atoms with E-state index in [0.717, 1.165) is 11.3 Å². The molecular weight excluding hydrogens is 264 g/mol. The molecule has 0 unspecified atom stereocenters. The highest BCUT2D eigenvalue weighted by molar-refractivity contribution is 7.98. The van der Waals surface area contributed by atoms with Gasteiger partial charge in [-0.2, -0.15) is 0 Å². The van der Waals surface area contributed by atoms with Gasteiger partial charge in [0.1, 0.15) is 5.75 Å². The van der Waals surface area contributed by atoms with Crippen LogP contribution < -0.4 is 4.74 Å². The van der Waals surface area contributed by atoms with Gasteiger partial charge in [-0.05, 0) is 12.3 Å². The van der Waals surface area contributed by atoms with Gasteiger partial charge in [0.05, 0.1) is 12.8 Å². The number of rotatable bonds is 5. The van der Waals surface area contributed by atoms with E-state index in [4.69, 9.17) is 9.84 Å². The lowest BCUT2D eigenvalue weighted by Gasteiger charge is -2.07. The maximum absolute atomic E-state index is 11.2. The molecule has 0 aliphatic rings. The second kappa shape index (κ2) is 5.79. The first-order valence-corrected chi connectivity index (χ1v) is 6.86. The summed E-state index contributed by atoms with van der Waals surface area (Å²) in [4.78, 5) is 18.2. The van der Waals surface area contributed by atoms with Crippen molar-refractivity contribution in [3.63, 3.8) is 0 Å². The fraction of sp³-hybridized carbons (Fsp3) is 0.231. The van der Waals surface area contributed by atoms with Crippen LogP contribution in [0.25, 0.3) is 0 Å². The minimum Gasteiger partial charge on any atom is -0.496 e. The molecule has 100 valence electrons. The molecule has 2 N–H and O–H groups in total. The van der Waals surface area contributed by atoms with E-state index >= 15 is 0 Å². The summed E-state index contributed by atoms with van der Waals surface area (Å²) in [6.45, 7) is 0. The topological polar surface area (TPSA) is 75.2 Å². The predicted octanol–water partition coefficient (Wildman–Crippen LogP) is 2.43. The Morgan fingerprint density at radius 2 is 2.21 bits per heavy atom. The second-order valence-electron chi connectivity index (χ2n) is 3.87. The van der Waals surface area contributed by atoms with Gasteiger partial charge in [0.25, 0.3) is 0 Å². The highest BCUT2D eigenvalue weighted by Crippen LogP contribution is 2.23. The van der Waals surface area contributed by atoms with Crippen LogP contribution in [0.5, 0.6) is 5.75 Å². The van der Waals surface area contributed by atoms with Gasteiger partial charge >= 0.3 is 5.97 Å². The summed E-state index contributed by atoms with van der Waals surface area (Å²) in [5.41, 5.74) is 1.57. The number of nitrogens with one attached hydrogen (secondary N) is 1. The Morgan fingerprint density at radius 3 is 2.84 bits per heavy atom. The normalized spacial score (nSPS) is 10.4. The fourth-order valence-electron chi connectivity index (χ4n) is 1.83. The van der Waals surface area contributed by atoms with Crippen LogP contribution in [0.1, 0.15) is 21.7 Å². The van der Waals surface area contributed by atoms with Gasteiger partial charge < -0.3 is 14.8 Å². The van der Waals surface area contributed by atoms with Crippen molar-refractivity contribution in [3.8, 4) is 5.75 Å². The molecule has 5 nitrogen and oxygen atoms in total. The summed E-state index contributed by atoms with van der Waals surface area (Å²) < 4.78 is 5.26. The number of ether oxygens (including phenoxy) is 1. The molecular formula is C13H14N2O3S. The molecule has 0 atom stereocenters. The Bertz CT molecular complexity index is 595. The number of carbonyl (C=O) groups is 1. The maximum atomic E-state index is 11.2. The molecule has 0 bridgehead atoms. The van der Waals surface area contributed by atoms with Gasteiger partial charge in [-0.25, -0.2) is 9.78 Å². The molecule has 0 radical (unpaired) electrons. The number of benzene rings is 1. The van der Waals surface area contributed by atoms with Crippen molar-refractivity contribution < 1.29 is 14.6 Å². The lowest BCUT2D eigenvalue weighted by atomic mass is 10.1. The zero-order chi connectivity index (χ0) is 13.8. The average Bonchev–Trinajstić information content (AvgIpc) is 2.82. The Morgan fingerprint density at radius 1 is 1.47 bits per heavy atom. The van der Waals surface area contributed by atoms with Crippen molar-refractivity contribution >= 4 is 17.7 Å². The number of carboxylic acid groups (broad SMARTS) is 1. The molecule has 6 heteroatoms. The van der Waals surface area contributed by atoms with E-state index in [0.29, 0.717) is 17.3 Å². The summed E-state index contributed by atoms with van der Waals surface area (Å²) >= 11 is 1.38. The van der Waals surface area contributed by atoms with Crippen LogP contribution in [0.4, 0.5) is 0 Å². The smallest absolute Gasteiger partial charge is 0.356 e. The number of H-pyrrole nitrogens is 1. The summed E-state index contributed by atoms with van der Waals surface area (Å²) in [7, 11) is 1.59. The maximum Gasteiger partial charge on any atom is 0.356 e. The van der Waals surface area contributed by atoms with Gasteiger partial charge in [0.15, 0.2) is 10.9 Å². The molecule has 2 aromatic rings. The first-order valence-electron chi connectivity index (χ1n) is 5.63. The van der Waals surface area contributed by atoms with Crippen molar-refractivity contribution in [1.29, 1.82) is 0 Å². The van der Waals surface area contributed by atoms with E-state index in [2.05, 4.69) is 9.97 Å². The van der Waals surface area contributed by atoms with Crippen molar-refractivity contribution in [2.24, 2.45) is 0 Å². The van der Waals surface area contributed by atoms with Crippen LogP contribution >= 0.6 is 11.8 Å². The standard InChI is InChI=1S/C13H14N2O3S/c1-18-10-6-4-3-5-8(10)7-9-11(12(16)17)15-13(14-9)19-2/h3-6H,7H2,1-2H3,(H,14,15)(H,16,17). The minimum absolute atomic E-state index is 0.0651. The van der Waals surface area contributed by atoms with E-state index in [9.17, 15) is 4.79 Å². The van der Waals surface area contributed by atoms with Gasteiger partial charge in [0.2, 0.25) is 0 Å². The van der Waals surface area contributed by atoms with Crippen LogP contribution in [-0.2, 0) is 6.42 Å². The van der Waals surface area contributed by atoms with E-state index in [-0.39, 0.29) is 5.69 Å². The Kier molecular flexibility index (Phi) is 4.11. The highest BCUT2D eigenvalue weighted by Gasteiger charge is 2.17. The Hall–Kier alpha value is -1.95. The average molecular weight is 278 g/mol. The third kappa shape index (κ3) is 2.90. The predicted molar refractivity (Wildman–Crippen MR) is 73.1 cm³/mol. The van der Waals surface area contributed by atoms with Crippen molar-refractivity contribution in [2.45, 2.75) is 11.6 Å². The zero-order valence-electron chi connectivity index (χ0n) is 10.6. The number of aromatic carboxylic acids is 1. The number of hydrogen-bond donors (Lipinski definition) is 2. The van der Waals surface area contributed by atoms with E-state index in [1.54, 1.807) is 7.11 Å². The fourth-order valence-corrected chi connectivity index (χ4v) is 2.23. The molecule has 0 spiro atoms. The molecule has 0 amide bonds. The van der Waals surface area contributed by atoms with Crippen LogP contribution in [0.2, 0.25) is 0 Å². The number of nitrogens with zero attached hydrogens (tertiary/aromatic N) is 1. The van der Waals surface area contributed by atoms with Crippen LogP contribution in [0, 0.1) is 0 Å². The quantitative estimate of drug-likeness (QED) is 0.822. The first-order chi connectivity index (χ1) is 9.15. The summed E-state index contributed by atoms with van der Waals surface area (Å²) in [6, 6.07) is 7.52. The van der Waals surface area contributed by atoms with Crippen molar-refractivity contribution in [3.05, 3.63) is 41.2 Å². The number of aromatic amines is 1. The summed E-state index contributed by atoms with van der Waals surface area (Å²) in [5, 5.41) is 9.76. The minimum atomic E-state index is -1.03. The summed E-state index contributed by atoms with van der Waals surface area (Å²) in [6.07, 6.45) is 2.29. The van der Waals surface area contributed by atoms with E-state index in [1.165, 1.54) is 11.8 Å². The number of thioether (sulfide) groups is 1. The van der Waals surface area contributed by atoms with Gasteiger partial charge in [-0.1, -0.05) is 30.0 Å². The van der Waals surface area contributed by atoms with Crippen molar-refractivity contribution in [2.75, 3.05) is 13.4 Å². The van der Waals surface area contributed by atoms with E-state index < -0.39 is 5.97 Å². The molecule has 19 heavy (non-hydrogen) atoms. The van der Waals surface area contributed by atoms with Gasteiger partial charge in [-0.3, -0.25) is 0 Å². The first kappa shape index (κ1) is 13.5. The number of hydrogen-bond acceptors (Lipinski definition) is 4. The van der Waals surface area contributed by atoms with Gasteiger partial charge in [-0.15, -0.1) is 0 Å². The third-order valence-corrected chi connectivity index (χ3v) is 3.29. The van der Waals surface area contributed by atoms with E-state index in [1.807, 2.05) is 30.5 Å². The molecule has 0 saturated heterocycles. The lowest BCUT2D eigenvalue weighted by molar-refractivity contribution is 0.0689. The molecule has 0 saturated carbocycles. The highest BCUT2D eigenvalue weighted by atomic mass is 32.2. The molecule has 1 aromatic heterocycles. The third-order valence-electron chi connectivity index (χ3n) is 2.71. The monoisotopic (exact) mass is 278 g/mol. The molecule has 0 aliphatic heterocycles. The van der Waals surface area contributed by atoms with Crippen molar-refractivity contribution in [1.82, 2.24) is 9.97 Å². The molecule has 0 aliphatic carbocycles. The van der Waals surface area contributed by atoms with Crippen LogP contribution in [0.15, 0.2) is 29.4 Å².